The average Bonchev–Trinajstić information content (AvgIpc) is 2.97. The van der Waals surface area contributed by atoms with E-state index >= 15 is 0 Å². The summed E-state index contributed by atoms with van der Waals surface area (Å²) in [4.78, 5) is 12.9. The summed E-state index contributed by atoms with van der Waals surface area (Å²) in [5.41, 5.74) is 4.27. The smallest absolute Gasteiger partial charge is 0.197 e. The number of hydrogen-bond donors (Lipinski definition) is 1. The standard InChI is InChI=1S/C26H31NO4/c1-17(31-20-8-6-19(7-9-20)26(2,3)4)23(28)16-22-21-15-25-24(29-12-5-13-30-25)14-18(21)10-11-27-22/h6-9,14-17,27H,5,10-13H2,1-4H3/b22-16-/t17-/m0/s1. The average molecular weight is 422 g/mol. The Morgan fingerprint density at radius 1 is 1.10 bits per heavy atom. The maximum Gasteiger partial charge on any atom is 0.197 e. The molecule has 4 rings (SSSR count). The largest absolute Gasteiger partial charge is 0.490 e. The first kappa shape index (κ1) is 21.3. The number of nitrogens with one attached hydrogen (secondary N) is 1. The number of rotatable bonds is 4. The van der Waals surface area contributed by atoms with E-state index in [0.717, 1.165) is 47.7 Å². The minimum atomic E-state index is -0.583. The third-order valence-electron chi connectivity index (χ3n) is 5.69. The fourth-order valence-corrected chi connectivity index (χ4v) is 3.82. The van der Waals surface area contributed by atoms with E-state index < -0.39 is 6.10 Å². The highest BCUT2D eigenvalue weighted by atomic mass is 16.5. The Labute approximate surface area is 184 Å². The monoisotopic (exact) mass is 421 g/mol. The van der Waals surface area contributed by atoms with Crippen molar-refractivity contribution in [2.45, 2.75) is 52.1 Å². The fraction of sp³-hybridized carbons (Fsp3) is 0.423. The molecule has 0 aliphatic carbocycles. The van der Waals surface area contributed by atoms with Gasteiger partial charge in [0.25, 0.3) is 0 Å². The van der Waals surface area contributed by atoms with Crippen LogP contribution in [0.2, 0.25) is 0 Å². The van der Waals surface area contributed by atoms with Crippen molar-refractivity contribution in [3.05, 3.63) is 59.2 Å². The van der Waals surface area contributed by atoms with Gasteiger partial charge in [-0.2, -0.15) is 0 Å². The Balaban J connectivity index is 1.51. The highest BCUT2D eigenvalue weighted by molar-refractivity contribution is 6.00. The zero-order chi connectivity index (χ0) is 22.0. The molecule has 0 spiro atoms. The van der Waals surface area contributed by atoms with Crippen LogP contribution in [0.1, 0.15) is 50.8 Å². The van der Waals surface area contributed by atoms with Gasteiger partial charge < -0.3 is 19.5 Å². The summed E-state index contributed by atoms with van der Waals surface area (Å²) in [6, 6.07) is 12.0. The van der Waals surface area contributed by atoms with Crippen LogP contribution in [0, 0.1) is 0 Å². The van der Waals surface area contributed by atoms with Crippen molar-refractivity contribution >= 4 is 11.5 Å². The molecule has 0 bridgehead atoms. The molecule has 0 radical (unpaired) electrons. The molecule has 0 fully saturated rings. The van der Waals surface area contributed by atoms with E-state index in [1.165, 1.54) is 5.56 Å². The molecule has 2 aromatic rings. The van der Waals surface area contributed by atoms with E-state index in [2.05, 4.69) is 38.2 Å². The molecule has 0 aromatic heterocycles. The van der Waals surface area contributed by atoms with E-state index in [1.54, 1.807) is 13.0 Å². The lowest BCUT2D eigenvalue weighted by Crippen LogP contribution is -2.27. The Kier molecular flexibility index (Phi) is 5.94. The number of ketones is 1. The molecule has 2 aliphatic rings. The van der Waals surface area contributed by atoms with E-state index in [1.807, 2.05) is 24.3 Å². The maximum atomic E-state index is 12.9. The Morgan fingerprint density at radius 2 is 1.77 bits per heavy atom. The van der Waals surface area contributed by atoms with Gasteiger partial charge in [0.15, 0.2) is 23.4 Å². The lowest BCUT2D eigenvalue weighted by atomic mass is 9.87. The fourth-order valence-electron chi connectivity index (χ4n) is 3.82. The Bertz CT molecular complexity index is 986. The molecule has 1 N–H and O–H groups in total. The Morgan fingerprint density at radius 3 is 2.45 bits per heavy atom. The van der Waals surface area contributed by atoms with Crippen LogP contribution in [-0.4, -0.2) is 31.6 Å². The molecular weight excluding hydrogens is 390 g/mol. The summed E-state index contributed by atoms with van der Waals surface area (Å²) in [5, 5.41) is 3.36. The van der Waals surface area contributed by atoms with Crippen molar-refractivity contribution < 1.29 is 19.0 Å². The lowest BCUT2D eigenvalue weighted by molar-refractivity contribution is -0.120. The van der Waals surface area contributed by atoms with Crippen molar-refractivity contribution in [2.24, 2.45) is 0 Å². The SMILES string of the molecule is C[C@H](Oc1ccc(C(C)(C)C)cc1)C(=O)/C=C1\NCCc2cc3c(cc21)OCCCO3. The minimum Gasteiger partial charge on any atom is -0.490 e. The van der Waals surface area contributed by atoms with Gasteiger partial charge in [-0.05, 0) is 54.2 Å². The van der Waals surface area contributed by atoms with Gasteiger partial charge in [0.2, 0.25) is 0 Å². The van der Waals surface area contributed by atoms with Gasteiger partial charge in [-0.3, -0.25) is 4.79 Å². The highest BCUT2D eigenvalue weighted by Gasteiger charge is 2.22. The number of benzene rings is 2. The molecule has 164 valence electrons. The predicted octanol–water partition coefficient (Wildman–Crippen LogP) is 4.67. The molecule has 0 unspecified atom stereocenters. The van der Waals surface area contributed by atoms with Crippen LogP contribution in [0.4, 0.5) is 0 Å². The maximum absolute atomic E-state index is 12.9. The molecule has 2 aromatic carbocycles. The number of fused-ring (bicyclic) bond motifs is 2. The first-order chi connectivity index (χ1) is 14.8. The van der Waals surface area contributed by atoms with Gasteiger partial charge >= 0.3 is 0 Å². The summed E-state index contributed by atoms with van der Waals surface area (Å²) >= 11 is 0. The van der Waals surface area contributed by atoms with Crippen molar-refractivity contribution in [3.63, 3.8) is 0 Å². The molecular formula is C26H31NO4. The molecule has 0 saturated heterocycles. The quantitative estimate of drug-likeness (QED) is 0.727. The van der Waals surface area contributed by atoms with Crippen LogP contribution in [0.15, 0.2) is 42.5 Å². The van der Waals surface area contributed by atoms with Gasteiger partial charge in [0.1, 0.15) is 5.75 Å². The second-order valence-corrected chi connectivity index (χ2v) is 9.18. The van der Waals surface area contributed by atoms with Crippen LogP contribution < -0.4 is 19.5 Å². The summed E-state index contributed by atoms with van der Waals surface area (Å²) in [7, 11) is 0. The van der Waals surface area contributed by atoms with E-state index in [-0.39, 0.29) is 11.2 Å². The predicted molar refractivity (Wildman–Crippen MR) is 122 cm³/mol. The van der Waals surface area contributed by atoms with Crippen molar-refractivity contribution in [2.75, 3.05) is 19.8 Å². The van der Waals surface area contributed by atoms with Crippen LogP contribution in [0.3, 0.4) is 0 Å². The zero-order valence-corrected chi connectivity index (χ0v) is 18.8. The van der Waals surface area contributed by atoms with Gasteiger partial charge in [0, 0.05) is 30.3 Å². The molecule has 2 aliphatic heterocycles. The van der Waals surface area contributed by atoms with Gasteiger partial charge in [-0.25, -0.2) is 0 Å². The molecule has 0 saturated carbocycles. The molecule has 1 atom stereocenters. The summed E-state index contributed by atoms with van der Waals surface area (Å²) < 4.78 is 17.6. The van der Waals surface area contributed by atoms with E-state index in [4.69, 9.17) is 14.2 Å². The van der Waals surface area contributed by atoms with Crippen molar-refractivity contribution in [1.29, 1.82) is 0 Å². The van der Waals surface area contributed by atoms with Gasteiger partial charge in [0.05, 0.1) is 13.2 Å². The van der Waals surface area contributed by atoms with Gasteiger partial charge in [-0.15, -0.1) is 0 Å². The second-order valence-electron chi connectivity index (χ2n) is 9.18. The molecule has 31 heavy (non-hydrogen) atoms. The number of carbonyl (C=O) groups excluding carboxylic acids is 1. The van der Waals surface area contributed by atoms with E-state index in [9.17, 15) is 4.79 Å². The number of ether oxygens (including phenoxy) is 3. The van der Waals surface area contributed by atoms with Crippen molar-refractivity contribution in [1.82, 2.24) is 5.32 Å². The Hall–Kier alpha value is -2.95. The summed E-state index contributed by atoms with van der Waals surface area (Å²) in [6.07, 6.45) is 2.81. The number of hydrogen-bond acceptors (Lipinski definition) is 5. The normalized spacial score (nSPS) is 17.9. The van der Waals surface area contributed by atoms with Crippen LogP contribution in [0.25, 0.3) is 5.70 Å². The summed E-state index contributed by atoms with van der Waals surface area (Å²) in [6.45, 7) is 10.4. The lowest BCUT2D eigenvalue weighted by Gasteiger charge is -2.23. The summed E-state index contributed by atoms with van der Waals surface area (Å²) in [5.74, 6) is 2.14. The van der Waals surface area contributed by atoms with Crippen LogP contribution in [-0.2, 0) is 16.6 Å². The molecule has 2 heterocycles. The van der Waals surface area contributed by atoms with Crippen LogP contribution in [0.5, 0.6) is 17.2 Å². The molecule has 0 amide bonds. The molecule has 5 heteroatoms. The molecule has 5 nitrogen and oxygen atoms in total. The second kappa shape index (κ2) is 8.66. The van der Waals surface area contributed by atoms with E-state index in [0.29, 0.717) is 19.0 Å². The topological polar surface area (TPSA) is 56.8 Å². The first-order valence-corrected chi connectivity index (χ1v) is 11.0. The third kappa shape index (κ3) is 4.87. The number of carbonyl (C=O) groups is 1. The van der Waals surface area contributed by atoms with Gasteiger partial charge in [-0.1, -0.05) is 32.9 Å². The van der Waals surface area contributed by atoms with Crippen molar-refractivity contribution in [3.8, 4) is 17.2 Å². The first-order valence-electron chi connectivity index (χ1n) is 11.0. The minimum absolute atomic E-state index is 0.0807. The third-order valence-corrected chi connectivity index (χ3v) is 5.69. The zero-order valence-electron chi connectivity index (χ0n) is 18.8. The highest BCUT2D eigenvalue weighted by Crippen LogP contribution is 2.36. The van der Waals surface area contributed by atoms with Crippen LogP contribution >= 0.6 is 0 Å².